The highest BCUT2D eigenvalue weighted by Crippen LogP contribution is 2.22. The fourth-order valence-electron chi connectivity index (χ4n) is 1.49. The van der Waals surface area contributed by atoms with E-state index in [0.29, 0.717) is 11.6 Å². The Morgan fingerprint density at radius 1 is 1.59 bits per heavy atom. The fraction of sp³-hybridized carbons (Fsp3) is 0.333. The summed E-state index contributed by atoms with van der Waals surface area (Å²) in [6.07, 6.45) is 6.77. The van der Waals surface area contributed by atoms with Crippen molar-refractivity contribution in [2.45, 2.75) is 18.9 Å². The predicted molar refractivity (Wildman–Crippen MR) is 62.8 cm³/mol. The Balaban J connectivity index is 2.25. The summed E-state index contributed by atoms with van der Waals surface area (Å²) in [7, 11) is 1.43. The van der Waals surface area contributed by atoms with Gasteiger partial charge in [-0.3, -0.25) is 5.41 Å². The molecule has 3 N–H and O–H groups in total. The summed E-state index contributed by atoms with van der Waals surface area (Å²) in [4.78, 5) is 10.9. The van der Waals surface area contributed by atoms with E-state index in [4.69, 9.17) is 15.3 Å². The van der Waals surface area contributed by atoms with E-state index in [-0.39, 0.29) is 17.0 Å². The van der Waals surface area contributed by atoms with Crippen molar-refractivity contribution in [1.82, 2.24) is 5.32 Å². The smallest absolute Gasteiger partial charge is 0.335 e. The molecule has 0 unspecified atom stereocenters. The molecule has 2 aliphatic rings. The number of hydrogen-bond donors (Lipinski definition) is 3. The third kappa shape index (κ3) is 2.55. The van der Waals surface area contributed by atoms with Crippen molar-refractivity contribution in [2.75, 3.05) is 7.11 Å². The van der Waals surface area contributed by atoms with Gasteiger partial charge in [0.1, 0.15) is 11.5 Å². The first kappa shape index (κ1) is 11.4. The standard InChI is InChI=1S/C12H14N2O3/c1-17-10-5-7(12(15)16)4-8(11(10)13)6-14-9-2-3-9/h4-6,9,13-14H,2-3H2,1H3,(H,15,16)/b8-6-,13-11?. The van der Waals surface area contributed by atoms with Crippen LogP contribution in [0.5, 0.6) is 0 Å². The number of hydrogen-bond acceptors (Lipinski definition) is 4. The van der Waals surface area contributed by atoms with Crippen molar-refractivity contribution in [3.63, 3.8) is 0 Å². The molecular weight excluding hydrogens is 220 g/mol. The summed E-state index contributed by atoms with van der Waals surface area (Å²) in [6, 6.07) is 0.467. The molecule has 0 amide bonds. The average molecular weight is 234 g/mol. The highest BCUT2D eigenvalue weighted by atomic mass is 16.5. The molecule has 0 atom stereocenters. The number of nitrogens with one attached hydrogen (secondary N) is 2. The van der Waals surface area contributed by atoms with Crippen molar-refractivity contribution in [1.29, 1.82) is 5.41 Å². The van der Waals surface area contributed by atoms with Crippen LogP contribution in [0.2, 0.25) is 0 Å². The van der Waals surface area contributed by atoms with Gasteiger partial charge >= 0.3 is 5.97 Å². The first-order valence-electron chi connectivity index (χ1n) is 5.38. The molecular formula is C12H14N2O3. The van der Waals surface area contributed by atoms with Gasteiger partial charge in [0.05, 0.1) is 12.7 Å². The number of carboxylic acids is 1. The highest BCUT2D eigenvalue weighted by molar-refractivity contribution is 6.14. The molecule has 0 bridgehead atoms. The summed E-state index contributed by atoms with van der Waals surface area (Å²) in [6.45, 7) is 0. The van der Waals surface area contributed by atoms with Crippen LogP contribution in [-0.4, -0.2) is 29.9 Å². The second-order valence-electron chi connectivity index (χ2n) is 4.03. The Morgan fingerprint density at radius 2 is 2.29 bits per heavy atom. The Kier molecular flexibility index (Phi) is 2.99. The van der Waals surface area contributed by atoms with Crippen LogP contribution >= 0.6 is 0 Å². The molecule has 0 radical (unpaired) electrons. The number of methoxy groups -OCH3 is 1. The molecule has 0 saturated heterocycles. The molecule has 0 aromatic rings. The molecule has 2 rings (SSSR count). The summed E-state index contributed by atoms with van der Waals surface area (Å²) in [5.41, 5.74) is 0.862. The van der Waals surface area contributed by atoms with E-state index >= 15 is 0 Å². The zero-order valence-corrected chi connectivity index (χ0v) is 9.49. The van der Waals surface area contributed by atoms with Crippen LogP contribution in [0.1, 0.15) is 12.8 Å². The monoisotopic (exact) mass is 234 g/mol. The molecule has 2 aliphatic carbocycles. The first-order chi connectivity index (χ1) is 8.11. The summed E-state index contributed by atoms with van der Waals surface area (Å²) < 4.78 is 5.00. The lowest BCUT2D eigenvalue weighted by molar-refractivity contribution is -0.132. The van der Waals surface area contributed by atoms with Crippen molar-refractivity contribution >= 4 is 11.7 Å². The lowest BCUT2D eigenvalue weighted by Crippen LogP contribution is -2.17. The molecule has 17 heavy (non-hydrogen) atoms. The fourth-order valence-corrected chi connectivity index (χ4v) is 1.49. The molecule has 1 fully saturated rings. The van der Waals surface area contributed by atoms with E-state index in [1.165, 1.54) is 19.3 Å². The van der Waals surface area contributed by atoms with Crippen LogP contribution in [0.25, 0.3) is 0 Å². The summed E-state index contributed by atoms with van der Waals surface area (Å²) in [5, 5.41) is 20.0. The van der Waals surface area contributed by atoms with Gasteiger partial charge in [-0.2, -0.15) is 0 Å². The minimum absolute atomic E-state index is 0.127. The molecule has 1 saturated carbocycles. The minimum Gasteiger partial charge on any atom is -0.494 e. The normalized spacial score (nSPS) is 21.9. The summed E-state index contributed by atoms with van der Waals surface area (Å²) >= 11 is 0. The van der Waals surface area contributed by atoms with Crippen molar-refractivity contribution in [3.05, 3.63) is 35.3 Å². The Labute approximate surface area is 99.0 Å². The highest BCUT2D eigenvalue weighted by Gasteiger charge is 2.22. The first-order valence-corrected chi connectivity index (χ1v) is 5.38. The van der Waals surface area contributed by atoms with E-state index in [1.54, 1.807) is 6.20 Å². The number of allylic oxidation sites excluding steroid dienone is 2. The van der Waals surface area contributed by atoms with Crippen LogP contribution in [0, 0.1) is 5.41 Å². The van der Waals surface area contributed by atoms with E-state index in [9.17, 15) is 4.79 Å². The maximum Gasteiger partial charge on any atom is 0.335 e. The van der Waals surface area contributed by atoms with E-state index in [0.717, 1.165) is 12.8 Å². The lowest BCUT2D eigenvalue weighted by Gasteiger charge is -2.15. The molecule has 5 heteroatoms. The van der Waals surface area contributed by atoms with Gasteiger partial charge in [-0.05, 0) is 25.0 Å². The van der Waals surface area contributed by atoms with Crippen LogP contribution < -0.4 is 5.32 Å². The van der Waals surface area contributed by atoms with E-state index in [2.05, 4.69) is 5.32 Å². The van der Waals surface area contributed by atoms with Crippen LogP contribution in [0.15, 0.2) is 35.3 Å². The maximum absolute atomic E-state index is 10.9. The Bertz CT molecular complexity index is 456. The maximum atomic E-state index is 10.9. The van der Waals surface area contributed by atoms with Gasteiger partial charge in [0.2, 0.25) is 0 Å². The van der Waals surface area contributed by atoms with Crippen molar-refractivity contribution in [3.8, 4) is 0 Å². The van der Waals surface area contributed by atoms with Crippen LogP contribution in [-0.2, 0) is 9.53 Å². The number of carboxylic acid groups (broad SMARTS) is 1. The van der Waals surface area contributed by atoms with E-state index in [1.807, 2.05) is 0 Å². The Morgan fingerprint density at radius 3 is 2.82 bits per heavy atom. The zero-order valence-electron chi connectivity index (χ0n) is 9.49. The minimum atomic E-state index is -1.02. The molecule has 0 aliphatic heterocycles. The SMILES string of the molecule is COC1=CC(C(=O)O)=C/C(=C/NC2CC2)C1=N. The molecule has 0 aromatic carbocycles. The van der Waals surface area contributed by atoms with Gasteiger partial charge in [-0.25, -0.2) is 4.79 Å². The van der Waals surface area contributed by atoms with Gasteiger partial charge in [0.25, 0.3) is 0 Å². The number of ether oxygens (including phenoxy) is 1. The van der Waals surface area contributed by atoms with Gasteiger partial charge in [0, 0.05) is 17.8 Å². The zero-order chi connectivity index (χ0) is 12.4. The van der Waals surface area contributed by atoms with Gasteiger partial charge < -0.3 is 15.2 Å². The molecule has 0 aromatic heterocycles. The number of carbonyl (C=O) groups is 1. The lowest BCUT2D eigenvalue weighted by atomic mass is 9.99. The Hall–Kier alpha value is -2.04. The largest absolute Gasteiger partial charge is 0.494 e. The van der Waals surface area contributed by atoms with Crippen LogP contribution in [0.3, 0.4) is 0 Å². The van der Waals surface area contributed by atoms with Gasteiger partial charge in [-0.1, -0.05) is 0 Å². The van der Waals surface area contributed by atoms with Crippen molar-refractivity contribution < 1.29 is 14.6 Å². The second-order valence-corrected chi connectivity index (χ2v) is 4.03. The number of aliphatic carboxylic acids is 1. The third-order valence-electron chi connectivity index (χ3n) is 2.65. The van der Waals surface area contributed by atoms with Gasteiger partial charge in [0.15, 0.2) is 0 Å². The van der Waals surface area contributed by atoms with E-state index < -0.39 is 5.97 Å². The third-order valence-corrected chi connectivity index (χ3v) is 2.65. The van der Waals surface area contributed by atoms with Gasteiger partial charge in [-0.15, -0.1) is 0 Å². The van der Waals surface area contributed by atoms with Crippen molar-refractivity contribution in [2.24, 2.45) is 0 Å². The predicted octanol–water partition coefficient (Wildman–Crippen LogP) is 1.20. The molecule has 90 valence electrons. The molecule has 5 nitrogen and oxygen atoms in total. The molecule has 0 spiro atoms. The average Bonchev–Trinajstić information content (AvgIpc) is 3.11. The van der Waals surface area contributed by atoms with Crippen LogP contribution in [0.4, 0.5) is 0 Å². The molecule has 0 heterocycles. The second kappa shape index (κ2) is 4.45. The quantitative estimate of drug-likeness (QED) is 0.682. The summed E-state index contributed by atoms with van der Waals surface area (Å²) in [5.74, 6) is -0.752. The number of rotatable bonds is 4. The topological polar surface area (TPSA) is 82.4 Å².